The Bertz CT molecular complexity index is 128. The normalized spacial score (nSPS) is 20.1. The Kier molecular flexibility index (Phi) is 7.35. The van der Waals surface area contributed by atoms with E-state index in [1.165, 1.54) is 12.8 Å². The summed E-state index contributed by atoms with van der Waals surface area (Å²) in [6, 6.07) is 0. The highest BCUT2D eigenvalue weighted by molar-refractivity contribution is 6.11. The molecule has 0 aromatic rings. The molecule has 3 atom stereocenters. The fraction of sp³-hybridized carbons (Fsp3) is 1.00. The first-order valence-electron chi connectivity index (χ1n) is 6.02. The Labute approximate surface area is 91.2 Å². The monoisotopic (exact) mass is 195 g/mol. The predicted molar refractivity (Wildman–Crippen MR) is 65.6 cm³/mol. The second-order valence-electron chi connectivity index (χ2n) is 4.67. The molecule has 0 aliphatic heterocycles. The lowest BCUT2D eigenvalue weighted by Gasteiger charge is -2.30. The Balaban J connectivity index is 4.23. The summed E-state index contributed by atoms with van der Waals surface area (Å²) in [5.74, 6) is 2.46. The van der Waals surface area contributed by atoms with Crippen LogP contribution >= 0.6 is 0 Å². The highest BCUT2D eigenvalue weighted by Crippen LogP contribution is 2.32. The first-order chi connectivity index (χ1) is 6.56. The van der Waals surface area contributed by atoms with Gasteiger partial charge in [-0.3, -0.25) is 0 Å². The van der Waals surface area contributed by atoms with Crippen molar-refractivity contribution in [3.63, 3.8) is 0 Å². The van der Waals surface area contributed by atoms with E-state index in [1.807, 2.05) is 0 Å². The van der Waals surface area contributed by atoms with Crippen molar-refractivity contribution in [2.24, 2.45) is 23.5 Å². The summed E-state index contributed by atoms with van der Waals surface area (Å²) >= 11 is 0. The maximum absolute atomic E-state index is 5.93. The Morgan fingerprint density at radius 3 is 1.79 bits per heavy atom. The SMILES string of the molecule is [B]C(CN)CC(C(C)CC)C(C)CC. The van der Waals surface area contributed by atoms with Crippen LogP contribution < -0.4 is 5.73 Å². The van der Waals surface area contributed by atoms with E-state index in [9.17, 15) is 0 Å². The molecule has 0 saturated heterocycles. The summed E-state index contributed by atoms with van der Waals surface area (Å²) in [4.78, 5) is 0. The topological polar surface area (TPSA) is 26.0 Å². The van der Waals surface area contributed by atoms with Crippen molar-refractivity contribution in [1.82, 2.24) is 0 Å². The first-order valence-corrected chi connectivity index (χ1v) is 6.02. The van der Waals surface area contributed by atoms with E-state index in [4.69, 9.17) is 13.6 Å². The molecule has 14 heavy (non-hydrogen) atoms. The minimum absolute atomic E-state index is 0.183. The highest BCUT2D eigenvalue weighted by Gasteiger charge is 2.22. The third-order valence-corrected chi connectivity index (χ3v) is 3.63. The van der Waals surface area contributed by atoms with Gasteiger partial charge in [0.2, 0.25) is 0 Å². The Morgan fingerprint density at radius 2 is 1.50 bits per heavy atom. The number of hydrogen-bond acceptors (Lipinski definition) is 1. The number of nitrogens with two attached hydrogens (primary N) is 1. The molecule has 0 spiro atoms. The van der Waals surface area contributed by atoms with Gasteiger partial charge in [-0.15, -0.1) is 0 Å². The van der Waals surface area contributed by atoms with Gasteiger partial charge in [-0.1, -0.05) is 52.8 Å². The van der Waals surface area contributed by atoms with E-state index in [-0.39, 0.29) is 5.82 Å². The summed E-state index contributed by atoms with van der Waals surface area (Å²) < 4.78 is 0. The van der Waals surface area contributed by atoms with E-state index in [1.54, 1.807) is 0 Å². The molecule has 82 valence electrons. The lowest BCUT2D eigenvalue weighted by Crippen LogP contribution is -2.23. The fourth-order valence-corrected chi connectivity index (χ4v) is 2.08. The minimum atomic E-state index is 0.183. The van der Waals surface area contributed by atoms with Crippen LogP contribution in [0.1, 0.15) is 47.0 Å². The number of rotatable bonds is 7. The fourth-order valence-electron chi connectivity index (χ4n) is 2.08. The third kappa shape index (κ3) is 4.50. The largest absolute Gasteiger partial charge is 0.331 e. The van der Waals surface area contributed by atoms with Crippen molar-refractivity contribution < 1.29 is 0 Å². The molecule has 0 aromatic carbocycles. The molecule has 0 rings (SSSR count). The molecule has 0 fully saturated rings. The minimum Gasteiger partial charge on any atom is -0.331 e. The zero-order valence-corrected chi connectivity index (χ0v) is 10.3. The molecule has 0 aliphatic rings. The van der Waals surface area contributed by atoms with Crippen LogP contribution in [0.5, 0.6) is 0 Å². The molecule has 0 heterocycles. The molecular formula is C12H26BN. The second-order valence-corrected chi connectivity index (χ2v) is 4.67. The smallest absolute Gasteiger partial charge is 0.0716 e. The molecule has 0 saturated carbocycles. The standard InChI is InChI=1S/C12H26BN/c1-5-9(3)12(10(4)6-2)7-11(13)8-14/h9-12H,5-8,14H2,1-4H3. The molecule has 2 radical (unpaired) electrons. The van der Waals surface area contributed by atoms with Gasteiger partial charge in [-0.25, -0.2) is 0 Å². The molecular weight excluding hydrogens is 169 g/mol. The van der Waals surface area contributed by atoms with Crippen molar-refractivity contribution in [1.29, 1.82) is 0 Å². The van der Waals surface area contributed by atoms with Crippen LogP contribution in [0.3, 0.4) is 0 Å². The van der Waals surface area contributed by atoms with Gasteiger partial charge in [0.1, 0.15) is 0 Å². The maximum Gasteiger partial charge on any atom is 0.0716 e. The zero-order chi connectivity index (χ0) is 11.1. The lowest BCUT2D eigenvalue weighted by molar-refractivity contribution is 0.225. The van der Waals surface area contributed by atoms with Gasteiger partial charge < -0.3 is 5.73 Å². The molecule has 1 nitrogen and oxygen atoms in total. The molecule has 0 aliphatic carbocycles. The van der Waals surface area contributed by atoms with Crippen molar-refractivity contribution in [3.8, 4) is 0 Å². The van der Waals surface area contributed by atoms with Gasteiger partial charge in [-0.05, 0) is 24.3 Å². The summed E-state index contributed by atoms with van der Waals surface area (Å²) in [6.45, 7) is 9.80. The molecule has 0 amide bonds. The van der Waals surface area contributed by atoms with E-state index in [0.29, 0.717) is 6.54 Å². The predicted octanol–water partition coefficient (Wildman–Crippen LogP) is 3.00. The van der Waals surface area contributed by atoms with Crippen LogP contribution in [-0.2, 0) is 0 Å². The van der Waals surface area contributed by atoms with Gasteiger partial charge >= 0.3 is 0 Å². The number of hydrogen-bond donors (Lipinski definition) is 1. The van der Waals surface area contributed by atoms with E-state index < -0.39 is 0 Å². The van der Waals surface area contributed by atoms with Crippen molar-refractivity contribution >= 4 is 7.85 Å². The van der Waals surface area contributed by atoms with E-state index in [2.05, 4.69) is 27.7 Å². The average Bonchev–Trinajstić information content (AvgIpc) is 2.23. The molecule has 2 heteroatoms. The zero-order valence-electron chi connectivity index (χ0n) is 10.3. The van der Waals surface area contributed by atoms with Crippen molar-refractivity contribution in [2.45, 2.75) is 52.8 Å². The lowest BCUT2D eigenvalue weighted by atomic mass is 9.70. The molecule has 2 N–H and O–H groups in total. The third-order valence-electron chi connectivity index (χ3n) is 3.63. The van der Waals surface area contributed by atoms with E-state index in [0.717, 1.165) is 24.2 Å². The summed E-state index contributed by atoms with van der Waals surface area (Å²) in [5.41, 5.74) is 5.58. The van der Waals surface area contributed by atoms with Gasteiger partial charge in [0.05, 0.1) is 7.85 Å². The summed E-state index contributed by atoms with van der Waals surface area (Å²) in [6.07, 6.45) is 3.57. The van der Waals surface area contributed by atoms with Gasteiger partial charge in [0, 0.05) is 0 Å². The second kappa shape index (κ2) is 7.33. The van der Waals surface area contributed by atoms with Gasteiger partial charge in [-0.2, -0.15) is 0 Å². The van der Waals surface area contributed by atoms with Crippen LogP contribution in [0.15, 0.2) is 0 Å². The van der Waals surface area contributed by atoms with Crippen LogP contribution in [0.2, 0.25) is 5.82 Å². The van der Waals surface area contributed by atoms with E-state index >= 15 is 0 Å². The van der Waals surface area contributed by atoms with Crippen LogP contribution in [0.4, 0.5) is 0 Å². The maximum atomic E-state index is 5.93. The highest BCUT2D eigenvalue weighted by atomic mass is 14.5. The van der Waals surface area contributed by atoms with Crippen molar-refractivity contribution in [2.75, 3.05) is 6.54 Å². The quantitative estimate of drug-likeness (QED) is 0.621. The van der Waals surface area contributed by atoms with Crippen molar-refractivity contribution in [3.05, 3.63) is 0 Å². The van der Waals surface area contributed by atoms with Crippen LogP contribution in [-0.4, -0.2) is 14.4 Å². The molecule has 3 unspecified atom stereocenters. The van der Waals surface area contributed by atoms with Crippen LogP contribution in [0.25, 0.3) is 0 Å². The average molecular weight is 195 g/mol. The van der Waals surface area contributed by atoms with Gasteiger partial charge in [0.15, 0.2) is 0 Å². The Hall–Kier alpha value is 0.0249. The summed E-state index contributed by atoms with van der Waals surface area (Å²) in [7, 11) is 5.93. The van der Waals surface area contributed by atoms with Gasteiger partial charge in [0.25, 0.3) is 0 Å². The molecule has 0 aromatic heterocycles. The summed E-state index contributed by atoms with van der Waals surface area (Å²) in [5, 5.41) is 0. The Morgan fingerprint density at radius 1 is 1.07 bits per heavy atom. The molecule has 0 bridgehead atoms. The van der Waals surface area contributed by atoms with Crippen LogP contribution in [0, 0.1) is 17.8 Å². The first kappa shape index (κ1) is 14.0.